The van der Waals surface area contributed by atoms with E-state index in [4.69, 9.17) is 13.5 Å². The van der Waals surface area contributed by atoms with Crippen LogP contribution >= 0.6 is 7.60 Å². The van der Waals surface area contributed by atoms with Crippen molar-refractivity contribution in [3.05, 3.63) is 41.7 Å². The molecule has 1 aromatic carbocycles. The average Bonchev–Trinajstić information content (AvgIpc) is 2.95. The predicted molar refractivity (Wildman–Crippen MR) is 190 cm³/mol. The summed E-state index contributed by atoms with van der Waals surface area (Å²) in [5, 5.41) is 3.28. The number of rotatable bonds is 25. The van der Waals surface area contributed by atoms with E-state index in [0.717, 1.165) is 24.2 Å². The lowest BCUT2D eigenvalue weighted by Gasteiger charge is -2.36. The summed E-state index contributed by atoms with van der Waals surface area (Å²) in [6.45, 7) is 17.6. The van der Waals surface area contributed by atoms with Gasteiger partial charge in [-0.05, 0) is 62.5 Å². The fraction of sp³-hybridized carbons (Fsp3) is 0.750. The Hall–Kier alpha value is -1.40. The van der Waals surface area contributed by atoms with Crippen LogP contribution in [-0.4, -0.2) is 33.5 Å². The van der Waals surface area contributed by atoms with Gasteiger partial charge in [-0.25, -0.2) is 0 Å². The summed E-state index contributed by atoms with van der Waals surface area (Å²) >= 11 is 0. The highest BCUT2D eigenvalue weighted by molar-refractivity contribution is 7.57. The number of hydrogen-bond donors (Lipinski definition) is 1. The highest BCUT2D eigenvalue weighted by Crippen LogP contribution is 2.49. The topological polar surface area (TPSA) is 73.9 Å². The Bertz CT molecular complexity index is 964. The van der Waals surface area contributed by atoms with Crippen LogP contribution in [0.15, 0.2) is 36.2 Å². The fourth-order valence-corrected chi connectivity index (χ4v) is 7.25. The molecule has 6 nitrogen and oxygen atoms in total. The molecule has 1 N–H and O–H groups in total. The molecule has 0 unspecified atom stereocenters. The second-order valence-corrected chi connectivity index (χ2v) is 20.2. The van der Waals surface area contributed by atoms with Crippen LogP contribution in [0, 0.1) is 0 Å². The molecule has 0 radical (unpaired) electrons. The first-order chi connectivity index (χ1) is 20.9. The molecule has 0 aliphatic carbocycles. The van der Waals surface area contributed by atoms with Crippen LogP contribution in [0.25, 0.3) is 0 Å². The van der Waals surface area contributed by atoms with Crippen molar-refractivity contribution in [3.63, 3.8) is 0 Å². The fourth-order valence-electron chi connectivity index (χ4n) is 4.84. The largest absolute Gasteiger partial charge is 0.544 e. The van der Waals surface area contributed by atoms with Gasteiger partial charge in [-0.15, -0.1) is 0 Å². The third-order valence-corrected chi connectivity index (χ3v) is 14.7. The van der Waals surface area contributed by atoms with Gasteiger partial charge in [0, 0.05) is 12.2 Å². The number of nitrogens with one attached hydrogen (secondary N) is 1. The molecular formula is C36H66NO5PSi. The van der Waals surface area contributed by atoms with Crippen molar-refractivity contribution >= 4 is 21.8 Å². The molecule has 254 valence electrons. The van der Waals surface area contributed by atoms with Crippen LogP contribution < -0.4 is 9.74 Å². The summed E-state index contributed by atoms with van der Waals surface area (Å²) in [4.78, 5) is 12.9. The van der Waals surface area contributed by atoms with Gasteiger partial charge in [-0.3, -0.25) is 9.36 Å². The molecule has 44 heavy (non-hydrogen) atoms. The molecular weight excluding hydrogens is 585 g/mol. The van der Waals surface area contributed by atoms with E-state index in [1.807, 2.05) is 24.3 Å². The molecule has 0 fully saturated rings. The molecule has 1 rings (SSSR count). The maximum absolute atomic E-state index is 13.1. The molecule has 0 bridgehead atoms. The Kier molecular flexibility index (Phi) is 20.5. The molecule has 0 saturated carbocycles. The van der Waals surface area contributed by atoms with Crippen LogP contribution in [0.4, 0.5) is 0 Å². The van der Waals surface area contributed by atoms with Gasteiger partial charge in [0.15, 0.2) is 0 Å². The Balaban J connectivity index is 2.64. The molecule has 8 heteroatoms. The molecule has 0 heterocycles. The van der Waals surface area contributed by atoms with Crippen LogP contribution in [0.1, 0.15) is 137 Å². The van der Waals surface area contributed by atoms with Gasteiger partial charge in [0.05, 0.1) is 19.3 Å². The standard InChI is InChI=1S/C36H66NO5PSi/c1-9-12-13-14-15-16-17-18-19-20-21-22-23-24-35(38)37-33(29-30-43(39,40-10-2)41-11-3)31-32-25-27-34(28-26-32)42-44(7,8)36(4,5)6/h25-30,33H,9-24,31H2,1-8H3,(H,37,38)/b30-29+/t33-/m1/s1. The normalized spacial score (nSPS) is 13.4. The number of hydrogen-bond acceptors (Lipinski definition) is 5. The second kappa shape index (κ2) is 22.2. The van der Waals surface area contributed by atoms with Crippen molar-refractivity contribution in [1.82, 2.24) is 5.32 Å². The highest BCUT2D eigenvalue weighted by atomic mass is 31.2. The Labute approximate surface area is 272 Å². The van der Waals surface area contributed by atoms with Crippen molar-refractivity contribution in [2.45, 2.75) is 162 Å². The van der Waals surface area contributed by atoms with Gasteiger partial charge in [-0.2, -0.15) is 0 Å². The van der Waals surface area contributed by atoms with Crippen molar-refractivity contribution in [1.29, 1.82) is 0 Å². The average molecular weight is 652 g/mol. The van der Waals surface area contributed by atoms with E-state index in [2.05, 4.69) is 46.1 Å². The summed E-state index contributed by atoms with van der Waals surface area (Å²) in [5.74, 6) is 2.39. The van der Waals surface area contributed by atoms with Gasteiger partial charge in [0.2, 0.25) is 14.2 Å². The van der Waals surface area contributed by atoms with Crippen molar-refractivity contribution in [3.8, 4) is 5.75 Å². The molecule has 0 aliphatic heterocycles. The molecule has 1 aromatic rings. The zero-order chi connectivity index (χ0) is 32.9. The first kappa shape index (κ1) is 40.6. The van der Waals surface area contributed by atoms with E-state index in [1.165, 1.54) is 76.4 Å². The van der Waals surface area contributed by atoms with Gasteiger partial charge in [0.1, 0.15) is 5.75 Å². The van der Waals surface area contributed by atoms with Crippen LogP contribution in [0.5, 0.6) is 5.75 Å². The van der Waals surface area contributed by atoms with E-state index < -0.39 is 15.9 Å². The van der Waals surface area contributed by atoms with Crippen molar-refractivity contribution in [2.75, 3.05) is 13.2 Å². The SMILES string of the molecule is CCCCCCCCCCCCCCCC(=O)N[C@H](/C=C/P(=O)(OCC)OCC)Cc1ccc(O[Si](C)(C)C(C)(C)C)cc1. The maximum Gasteiger partial charge on any atom is 0.353 e. The summed E-state index contributed by atoms with van der Waals surface area (Å²) in [6, 6.07) is 7.79. The third-order valence-electron chi connectivity index (χ3n) is 8.53. The van der Waals surface area contributed by atoms with Crippen LogP contribution in [0.3, 0.4) is 0 Å². The quantitative estimate of drug-likeness (QED) is 0.0647. The lowest BCUT2D eigenvalue weighted by Crippen LogP contribution is -2.43. The summed E-state index contributed by atoms with van der Waals surface area (Å²) in [7, 11) is -5.30. The van der Waals surface area contributed by atoms with Gasteiger partial charge < -0.3 is 18.8 Å². The molecule has 0 aromatic heterocycles. The summed E-state index contributed by atoms with van der Waals surface area (Å²) in [5.41, 5.74) is 1.06. The number of benzene rings is 1. The minimum Gasteiger partial charge on any atom is -0.544 e. The highest BCUT2D eigenvalue weighted by Gasteiger charge is 2.38. The first-order valence-electron chi connectivity index (χ1n) is 17.5. The smallest absolute Gasteiger partial charge is 0.353 e. The second-order valence-electron chi connectivity index (χ2n) is 13.6. The van der Waals surface area contributed by atoms with Crippen LogP contribution in [0.2, 0.25) is 18.1 Å². The summed E-state index contributed by atoms with van der Waals surface area (Å²) in [6.07, 6.45) is 19.5. The number of unbranched alkanes of at least 4 members (excludes halogenated alkanes) is 12. The van der Waals surface area contributed by atoms with E-state index >= 15 is 0 Å². The van der Waals surface area contributed by atoms with Crippen molar-refractivity contribution in [2.24, 2.45) is 0 Å². The monoisotopic (exact) mass is 651 g/mol. The van der Waals surface area contributed by atoms with E-state index in [1.54, 1.807) is 19.9 Å². The Morgan fingerprint density at radius 2 is 1.30 bits per heavy atom. The number of carbonyl (C=O) groups excluding carboxylic acids is 1. The van der Waals surface area contributed by atoms with Gasteiger partial charge in [-0.1, -0.05) is 123 Å². The predicted octanol–water partition coefficient (Wildman–Crippen LogP) is 11.4. The number of carbonyl (C=O) groups is 1. The maximum atomic E-state index is 13.1. The van der Waals surface area contributed by atoms with Gasteiger partial charge in [0.25, 0.3) is 0 Å². The van der Waals surface area contributed by atoms with Crippen LogP contribution in [-0.2, 0) is 24.8 Å². The zero-order valence-corrected chi connectivity index (χ0v) is 31.4. The van der Waals surface area contributed by atoms with Gasteiger partial charge >= 0.3 is 7.60 Å². The third kappa shape index (κ3) is 17.9. The summed E-state index contributed by atoms with van der Waals surface area (Å²) < 4.78 is 30.4. The van der Waals surface area contributed by atoms with E-state index in [-0.39, 0.29) is 30.2 Å². The first-order valence-corrected chi connectivity index (χ1v) is 22.0. The van der Waals surface area contributed by atoms with E-state index in [9.17, 15) is 9.36 Å². The minimum absolute atomic E-state index is 0.0169. The molecule has 0 aliphatic rings. The number of amides is 1. The zero-order valence-electron chi connectivity index (χ0n) is 29.6. The molecule has 0 spiro atoms. The molecule has 0 saturated heterocycles. The molecule has 1 atom stereocenters. The molecule has 1 amide bonds. The Morgan fingerprint density at radius 1 is 0.818 bits per heavy atom. The Morgan fingerprint density at radius 3 is 1.75 bits per heavy atom. The minimum atomic E-state index is -3.37. The van der Waals surface area contributed by atoms with Crippen molar-refractivity contribution < 1.29 is 22.8 Å². The van der Waals surface area contributed by atoms with E-state index in [0.29, 0.717) is 12.8 Å². The lowest BCUT2D eigenvalue weighted by atomic mass is 10.0. The lowest BCUT2D eigenvalue weighted by molar-refractivity contribution is -0.121.